The predicted molar refractivity (Wildman–Crippen MR) is 114 cm³/mol. The zero-order valence-electron chi connectivity index (χ0n) is 14.0. The van der Waals surface area contributed by atoms with Crippen molar-refractivity contribution < 1.29 is 0 Å². The molecule has 1 aliphatic carbocycles. The summed E-state index contributed by atoms with van der Waals surface area (Å²) in [6.07, 6.45) is 9.75. The van der Waals surface area contributed by atoms with Gasteiger partial charge in [-0.05, 0) is 31.4 Å². The van der Waals surface area contributed by atoms with Crippen LogP contribution in [0.4, 0.5) is 0 Å². The van der Waals surface area contributed by atoms with E-state index in [2.05, 4.69) is 33.5 Å². The van der Waals surface area contributed by atoms with Gasteiger partial charge in [0.25, 0.3) is 0 Å². The summed E-state index contributed by atoms with van der Waals surface area (Å²) in [6.45, 7) is 0.765. The highest BCUT2D eigenvalue weighted by Crippen LogP contribution is 2.22. The smallest absolute Gasteiger partial charge is 0.188 e. The van der Waals surface area contributed by atoms with Gasteiger partial charge in [-0.25, -0.2) is 4.98 Å². The first kappa shape index (κ1) is 19.4. The summed E-state index contributed by atoms with van der Waals surface area (Å²) in [7, 11) is 0. The fourth-order valence-electron chi connectivity index (χ4n) is 3.14. The van der Waals surface area contributed by atoms with Crippen molar-refractivity contribution in [2.75, 3.05) is 6.54 Å². The second-order valence-corrected chi connectivity index (χ2v) is 7.39. The van der Waals surface area contributed by atoms with Crippen LogP contribution in [0, 0.1) is 0 Å². The van der Waals surface area contributed by atoms with Gasteiger partial charge in [-0.15, -0.1) is 35.3 Å². The minimum Gasteiger partial charge on any atom is -0.370 e. The van der Waals surface area contributed by atoms with Crippen molar-refractivity contribution in [2.45, 2.75) is 57.4 Å². The van der Waals surface area contributed by atoms with E-state index in [4.69, 9.17) is 5.73 Å². The van der Waals surface area contributed by atoms with Crippen LogP contribution >= 0.6 is 35.3 Å². The molecule has 1 aromatic heterocycles. The van der Waals surface area contributed by atoms with Crippen LogP contribution in [-0.4, -0.2) is 23.5 Å². The maximum atomic E-state index is 6.02. The summed E-state index contributed by atoms with van der Waals surface area (Å²) in [4.78, 5) is 9.13. The quantitative estimate of drug-likeness (QED) is 0.229. The van der Waals surface area contributed by atoms with Gasteiger partial charge in [-0.2, -0.15) is 0 Å². The van der Waals surface area contributed by atoms with Gasteiger partial charge in [-0.3, -0.25) is 4.99 Å². The molecule has 3 rings (SSSR count). The number of aliphatic imine (C=N–C) groups is 1. The number of para-hydroxylation sites is 1. The van der Waals surface area contributed by atoms with Crippen molar-refractivity contribution in [3.63, 3.8) is 0 Å². The fourth-order valence-corrected chi connectivity index (χ4v) is 4.14. The molecule has 0 radical (unpaired) electrons. The number of nitrogens with zero attached hydrogens (tertiary/aromatic N) is 2. The molecule has 4 nitrogen and oxygen atoms in total. The van der Waals surface area contributed by atoms with Gasteiger partial charge in [0.15, 0.2) is 5.96 Å². The number of halogens is 1. The summed E-state index contributed by atoms with van der Waals surface area (Å²) in [5, 5.41) is 4.59. The van der Waals surface area contributed by atoms with Crippen molar-refractivity contribution in [1.82, 2.24) is 10.3 Å². The molecule has 0 unspecified atom stereocenters. The van der Waals surface area contributed by atoms with Crippen molar-refractivity contribution >= 4 is 51.5 Å². The molecule has 0 aliphatic heterocycles. The van der Waals surface area contributed by atoms with Gasteiger partial charge >= 0.3 is 0 Å². The van der Waals surface area contributed by atoms with Crippen LogP contribution in [-0.2, 0) is 6.42 Å². The largest absolute Gasteiger partial charge is 0.370 e. The number of hydrogen-bond donors (Lipinski definition) is 2. The minimum absolute atomic E-state index is 0. The van der Waals surface area contributed by atoms with Crippen molar-refractivity contribution in [3.8, 4) is 0 Å². The van der Waals surface area contributed by atoms with Crippen LogP contribution in [0.1, 0.15) is 50.0 Å². The molecule has 6 heteroatoms. The van der Waals surface area contributed by atoms with Crippen molar-refractivity contribution in [1.29, 1.82) is 0 Å². The van der Waals surface area contributed by atoms with Crippen LogP contribution in [0.5, 0.6) is 0 Å². The highest BCUT2D eigenvalue weighted by Gasteiger charge is 2.12. The van der Waals surface area contributed by atoms with Gasteiger partial charge in [-0.1, -0.05) is 37.8 Å². The SMILES string of the molecule is I.NC(=NCCCc1nc2ccccc2s1)NC1CCCCCC1. The normalized spacial score (nSPS) is 16.6. The summed E-state index contributed by atoms with van der Waals surface area (Å²) >= 11 is 1.78. The average Bonchev–Trinajstić information content (AvgIpc) is 2.80. The Labute approximate surface area is 165 Å². The van der Waals surface area contributed by atoms with Gasteiger partial charge in [0.1, 0.15) is 0 Å². The van der Waals surface area contributed by atoms with Crippen LogP contribution in [0.15, 0.2) is 29.3 Å². The van der Waals surface area contributed by atoms with Crippen LogP contribution < -0.4 is 11.1 Å². The molecule has 0 bridgehead atoms. The third-order valence-electron chi connectivity index (χ3n) is 4.38. The molecule has 24 heavy (non-hydrogen) atoms. The lowest BCUT2D eigenvalue weighted by molar-refractivity contribution is 0.530. The molecular weight excluding hydrogens is 431 g/mol. The molecule has 1 saturated carbocycles. The van der Waals surface area contributed by atoms with E-state index in [1.54, 1.807) is 11.3 Å². The van der Waals surface area contributed by atoms with E-state index in [1.165, 1.54) is 48.2 Å². The molecule has 3 N–H and O–H groups in total. The van der Waals surface area contributed by atoms with E-state index in [9.17, 15) is 0 Å². The van der Waals surface area contributed by atoms with Gasteiger partial charge in [0, 0.05) is 19.0 Å². The number of nitrogens with one attached hydrogen (secondary N) is 1. The fraction of sp³-hybridized carbons (Fsp3) is 0.556. The Hall–Kier alpha value is -0.890. The molecule has 2 aromatic rings. The molecule has 1 heterocycles. The Morgan fingerprint density at radius 2 is 1.96 bits per heavy atom. The Morgan fingerprint density at radius 3 is 2.71 bits per heavy atom. The lowest BCUT2D eigenvalue weighted by atomic mass is 10.1. The summed E-state index contributed by atoms with van der Waals surface area (Å²) in [5.74, 6) is 0.612. The third kappa shape index (κ3) is 5.88. The predicted octanol–water partition coefficient (Wildman–Crippen LogP) is 4.47. The topological polar surface area (TPSA) is 63.3 Å². The molecule has 0 saturated heterocycles. The third-order valence-corrected chi connectivity index (χ3v) is 5.47. The molecule has 132 valence electrons. The van der Waals surface area contributed by atoms with Crippen LogP contribution in [0.25, 0.3) is 10.2 Å². The number of aryl methyl sites for hydroxylation is 1. The first-order valence-electron chi connectivity index (χ1n) is 8.72. The molecule has 1 aromatic carbocycles. The van der Waals surface area contributed by atoms with Crippen LogP contribution in [0.2, 0.25) is 0 Å². The summed E-state index contributed by atoms with van der Waals surface area (Å²) in [5.41, 5.74) is 7.12. The van der Waals surface area contributed by atoms with Crippen molar-refractivity contribution in [2.24, 2.45) is 10.7 Å². The molecule has 0 spiro atoms. The Bertz CT molecular complexity index is 614. The minimum atomic E-state index is 0. The second-order valence-electron chi connectivity index (χ2n) is 6.28. The number of benzene rings is 1. The standard InChI is InChI=1S/C18H26N4S.HI/c19-18(21-14-8-3-1-2-4-9-14)20-13-7-12-17-22-15-10-5-6-11-16(15)23-17;/h5-6,10-11,14H,1-4,7-9,12-13H2,(H3,19,20,21);1H. The lowest BCUT2D eigenvalue weighted by Gasteiger charge is -2.16. The molecule has 1 fully saturated rings. The molecule has 0 amide bonds. The lowest BCUT2D eigenvalue weighted by Crippen LogP contribution is -2.39. The molecule has 0 atom stereocenters. The highest BCUT2D eigenvalue weighted by atomic mass is 127. The number of nitrogens with two attached hydrogens (primary N) is 1. The average molecular weight is 458 g/mol. The van der Waals surface area contributed by atoms with E-state index < -0.39 is 0 Å². The van der Waals surface area contributed by atoms with E-state index in [0.717, 1.165) is 24.9 Å². The number of fused-ring (bicyclic) bond motifs is 1. The first-order valence-corrected chi connectivity index (χ1v) is 9.54. The van der Waals surface area contributed by atoms with E-state index in [1.807, 2.05) is 6.07 Å². The highest BCUT2D eigenvalue weighted by molar-refractivity contribution is 14.0. The van der Waals surface area contributed by atoms with Gasteiger partial charge in [0.2, 0.25) is 0 Å². The monoisotopic (exact) mass is 458 g/mol. The van der Waals surface area contributed by atoms with Crippen molar-refractivity contribution in [3.05, 3.63) is 29.3 Å². The second kappa shape index (κ2) is 10.2. The molecule has 1 aliphatic rings. The summed E-state index contributed by atoms with van der Waals surface area (Å²) in [6, 6.07) is 8.82. The zero-order chi connectivity index (χ0) is 15.9. The zero-order valence-corrected chi connectivity index (χ0v) is 17.2. The van der Waals surface area contributed by atoms with E-state index in [-0.39, 0.29) is 24.0 Å². The number of thiazole rings is 1. The Morgan fingerprint density at radius 1 is 1.21 bits per heavy atom. The number of aromatic nitrogens is 1. The summed E-state index contributed by atoms with van der Waals surface area (Å²) < 4.78 is 1.26. The van der Waals surface area contributed by atoms with Crippen LogP contribution in [0.3, 0.4) is 0 Å². The van der Waals surface area contributed by atoms with Gasteiger partial charge in [0.05, 0.1) is 15.2 Å². The first-order chi connectivity index (χ1) is 11.3. The molecular formula is C18H27IN4S. The van der Waals surface area contributed by atoms with E-state index >= 15 is 0 Å². The Kier molecular flexibility index (Phi) is 8.24. The van der Waals surface area contributed by atoms with E-state index in [0.29, 0.717) is 12.0 Å². The number of rotatable bonds is 5. The maximum Gasteiger partial charge on any atom is 0.188 e. The maximum absolute atomic E-state index is 6.02. The number of guanidine groups is 1. The number of hydrogen-bond acceptors (Lipinski definition) is 3. The van der Waals surface area contributed by atoms with Gasteiger partial charge < -0.3 is 11.1 Å². The Balaban J connectivity index is 0.00000208.